The number of carbonyl (C=O) groups excluding carboxylic acids is 3. The molecule has 304 valence electrons. The number of alkyl halides is 2. The van der Waals surface area contributed by atoms with Crippen LogP contribution in [0.2, 0.25) is 0 Å². The van der Waals surface area contributed by atoms with Crippen LogP contribution in [0.4, 0.5) is 22.8 Å². The summed E-state index contributed by atoms with van der Waals surface area (Å²) in [7, 11) is 2.48. The lowest BCUT2D eigenvalue weighted by Crippen LogP contribution is -2.52. The number of H-pyrrole nitrogens is 2. The summed E-state index contributed by atoms with van der Waals surface area (Å²) < 4.78 is 49.9. The van der Waals surface area contributed by atoms with Crippen LogP contribution in [0, 0.1) is 17.7 Å². The molecule has 4 N–H and O–H groups in total. The van der Waals surface area contributed by atoms with Gasteiger partial charge < -0.3 is 34.9 Å². The lowest BCUT2D eigenvalue weighted by molar-refractivity contribution is -0.139. The van der Waals surface area contributed by atoms with Crippen LogP contribution in [-0.4, -0.2) is 109 Å². The number of hydrogen-bond acceptors (Lipinski definition) is 7. The fourth-order valence-electron chi connectivity index (χ4n) is 7.71. The van der Waals surface area contributed by atoms with Gasteiger partial charge in [-0.25, -0.2) is 32.7 Å². The number of imidazole rings is 2. The summed E-state index contributed by atoms with van der Waals surface area (Å²) in [5.74, 6) is -4.63. The SMILES string of the molecule is COC(=O)N[C@H](C(=O)N1CCCC1c1nc(-c2ccc(-c3ccc(-c4c[nH]c([C@@H]5CC(F)(F)CN5C(=O)[C@H](C(C)C)N(C)C(=O)O)n4)cc3)cc2F)c[nH]1)C(C)C. The van der Waals surface area contributed by atoms with Gasteiger partial charge in [0.2, 0.25) is 11.8 Å². The van der Waals surface area contributed by atoms with E-state index in [1.54, 1.807) is 67.5 Å². The Labute approximate surface area is 327 Å². The highest BCUT2D eigenvalue weighted by atomic mass is 19.3. The number of rotatable bonds is 11. The van der Waals surface area contributed by atoms with Crippen LogP contribution in [0.25, 0.3) is 33.6 Å². The minimum atomic E-state index is -3.19. The van der Waals surface area contributed by atoms with Crippen LogP contribution in [0.3, 0.4) is 0 Å². The summed E-state index contributed by atoms with van der Waals surface area (Å²) in [5.41, 5.74) is 3.04. The molecule has 17 heteroatoms. The first-order valence-electron chi connectivity index (χ1n) is 18.8. The van der Waals surface area contributed by atoms with Crippen molar-refractivity contribution in [3.8, 4) is 33.6 Å². The van der Waals surface area contributed by atoms with Crippen LogP contribution < -0.4 is 5.32 Å². The number of alkyl carbamates (subject to hydrolysis) is 1. The third-order valence-electron chi connectivity index (χ3n) is 10.7. The van der Waals surface area contributed by atoms with E-state index in [1.807, 2.05) is 13.8 Å². The fraction of sp³-hybridized carbons (Fsp3) is 0.450. The lowest BCUT2D eigenvalue weighted by Gasteiger charge is -2.33. The summed E-state index contributed by atoms with van der Waals surface area (Å²) in [6.07, 6.45) is 1.86. The van der Waals surface area contributed by atoms with E-state index < -0.39 is 66.8 Å². The van der Waals surface area contributed by atoms with Gasteiger partial charge in [0.1, 0.15) is 29.5 Å². The monoisotopic (exact) mass is 792 g/mol. The number of ether oxygens (including phenoxy) is 1. The maximum atomic E-state index is 15.7. The van der Waals surface area contributed by atoms with Gasteiger partial charge in [-0.05, 0) is 47.9 Å². The minimum Gasteiger partial charge on any atom is -0.465 e. The summed E-state index contributed by atoms with van der Waals surface area (Å²) in [6.45, 7) is 6.62. The maximum Gasteiger partial charge on any atom is 0.407 e. The molecule has 4 aromatic rings. The Kier molecular flexibility index (Phi) is 11.7. The fourth-order valence-corrected chi connectivity index (χ4v) is 7.71. The van der Waals surface area contributed by atoms with Crippen LogP contribution in [0.5, 0.6) is 0 Å². The van der Waals surface area contributed by atoms with Gasteiger partial charge in [0.05, 0.1) is 37.1 Å². The quantitative estimate of drug-likeness (QED) is 0.127. The molecular formula is C40H47F3N8O6. The second-order valence-corrected chi connectivity index (χ2v) is 15.3. The highest BCUT2D eigenvalue weighted by molar-refractivity contribution is 5.87. The molecule has 14 nitrogen and oxygen atoms in total. The van der Waals surface area contributed by atoms with Gasteiger partial charge in [0.25, 0.3) is 5.92 Å². The third-order valence-corrected chi connectivity index (χ3v) is 10.7. The first kappa shape index (κ1) is 40.8. The lowest BCUT2D eigenvalue weighted by atomic mass is 10.0. The molecule has 2 saturated heterocycles. The molecule has 2 aliphatic heterocycles. The predicted octanol–water partition coefficient (Wildman–Crippen LogP) is 6.86. The van der Waals surface area contributed by atoms with E-state index in [1.165, 1.54) is 20.2 Å². The molecular weight excluding hydrogens is 745 g/mol. The smallest absolute Gasteiger partial charge is 0.407 e. The largest absolute Gasteiger partial charge is 0.465 e. The van der Waals surface area contributed by atoms with Crippen LogP contribution >= 0.6 is 0 Å². The molecule has 6 rings (SSSR count). The van der Waals surface area contributed by atoms with Crippen molar-refractivity contribution in [1.29, 1.82) is 0 Å². The number of aromatic nitrogens is 4. The Morgan fingerprint density at radius 3 is 2.12 bits per heavy atom. The zero-order chi connectivity index (χ0) is 41.3. The van der Waals surface area contributed by atoms with Crippen molar-refractivity contribution in [1.82, 2.24) is 40.0 Å². The Morgan fingerprint density at radius 1 is 0.895 bits per heavy atom. The number of nitrogens with one attached hydrogen (secondary N) is 3. The molecule has 4 heterocycles. The van der Waals surface area contributed by atoms with Gasteiger partial charge in [0, 0.05) is 43.5 Å². The third kappa shape index (κ3) is 8.46. The summed E-state index contributed by atoms with van der Waals surface area (Å²) >= 11 is 0. The van der Waals surface area contributed by atoms with Crippen molar-refractivity contribution in [2.45, 2.75) is 77.0 Å². The summed E-state index contributed by atoms with van der Waals surface area (Å²) in [5, 5.41) is 12.1. The molecule has 0 radical (unpaired) electrons. The number of aromatic amines is 2. The summed E-state index contributed by atoms with van der Waals surface area (Å²) in [6, 6.07) is 8.50. The van der Waals surface area contributed by atoms with Crippen LogP contribution in [-0.2, 0) is 14.3 Å². The van der Waals surface area contributed by atoms with Gasteiger partial charge >= 0.3 is 12.2 Å². The normalized spacial score (nSPS) is 18.9. The van der Waals surface area contributed by atoms with E-state index in [0.717, 1.165) is 16.2 Å². The molecule has 2 aliphatic rings. The number of amides is 4. The van der Waals surface area contributed by atoms with E-state index in [2.05, 4.69) is 25.3 Å². The number of carboxylic acid groups (broad SMARTS) is 1. The van der Waals surface area contributed by atoms with Crippen molar-refractivity contribution in [2.24, 2.45) is 11.8 Å². The van der Waals surface area contributed by atoms with Gasteiger partial charge in [-0.15, -0.1) is 0 Å². The first-order valence-corrected chi connectivity index (χ1v) is 18.8. The van der Waals surface area contributed by atoms with E-state index in [-0.39, 0.29) is 29.3 Å². The highest BCUT2D eigenvalue weighted by Gasteiger charge is 2.51. The maximum absolute atomic E-state index is 15.7. The van der Waals surface area contributed by atoms with Gasteiger partial charge in [-0.1, -0.05) is 58.0 Å². The van der Waals surface area contributed by atoms with Crippen molar-refractivity contribution >= 4 is 24.0 Å². The van der Waals surface area contributed by atoms with Crippen molar-refractivity contribution in [2.75, 3.05) is 27.2 Å². The minimum absolute atomic E-state index is 0.154. The Bertz CT molecular complexity index is 2120. The van der Waals surface area contributed by atoms with Crippen LogP contribution in [0.15, 0.2) is 54.9 Å². The molecule has 0 bridgehead atoms. The number of methoxy groups -OCH3 is 1. The molecule has 4 amide bonds. The first-order chi connectivity index (χ1) is 27.0. The zero-order valence-electron chi connectivity index (χ0n) is 32.6. The van der Waals surface area contributed by atoms with Gasteiger partial charge in [-0.3, -0.25) is 14.5 Å². The number of nitrogens with zero attached hydrogens (tertiary/aromatic N) is 5. The molecule has 1 unspecified atom stereocenters. The van der Waals surface area contributed by atoms with E-state index in [9.17, 15) is 33.1 Å². The number of benzene rings is 2. The number of likely N-dealkylation sites (tertiary alicyclic amines) is 2. The Balaban J connectivity index is 1.16. The number of hydrogen-bond donors (Lipinski definition) is 4. The standard InChI is InChI=1S/C40H47F3N8O6/c1-21(2)32(48-38(54)57-6)36(52)50-15-7-8-30(50)34-45-19-29(47-34)26-14-13-25(16-27(26)41)23-9-11-24(12-10-23)28-18-44-35(46-28)31-17-40(42,43)20-51(31)37(53)33(22(3)4)49(5)39(55)56/h9-14,16,18-19,21-22,30-33H,7-8,15,17,20H2,1-6H3,(H,44,46)(H,45,47)(H,48,54)(H,55,56)/t30?,31-,32-,33-/m0/s1. The average Bonchev–Trinajstić information content (AvgIpc) is 3.99. The van der Waals surface area contributed by atoms with Crippen molar-refractivity contribution < 1.29 is 42.2 Å². The van der Waals surface area contributed by atoms with Gasteiger partial charge in [-0.2, -0.15) is 0 Å². The highest BCUT2D eigenvalue weighted by Crippen LogP contribution is 2.42. The average molecular weight is 793 g/mol. The van der Waals surface area contributed by atoms with Crippen molar-refractivity contribution in [3.05, 3.63) is 72.3 Å². The number of likely N-dealkylation sites (N-methyl/N-ethyl adjacent to an activating group) is 1. The Morgan fingerprint density at radius 2 is 1.51 bits per heavy atom. The Hall–Kier alpha value is -5.87. The molecule has 4 atom stereocenters. The second kappa shape index (κ2) is 16.3. The topological polar surface area (TPSA) is 177 Å². The predicted molar refractivity (Wildman–Crippen MR) is 203 cm³/mol. The number of carbonyl (C=O) groups is 4. The van der Waals surface area contributed by atoms with Gasteiger partial charge in [0.15, 0.2) is 0 Å². The summed E-state index contributed by atoms with van der Waals surface area (Å²) in [4.78, 5) is 69.5. The zero-order valence-corrected chi connectivity index (χ0v) is 32.6. The van der Waals surface area contributed by atoms with E-state index in [4.69, 9.17) is 4.74 Å². The molecule has 2 aromatic heterocycles. The van der Waals surface area contributed by atoms with E-state index in [0.29, 0.717) is 46.9 Å². The molecule has 2 aromatic carbocycles. The van der Waals surface area contributed by atoms with Crippen LogP contribution in [0.1, 0.15) is 70.7 Å². The molecule has 2 fully saturated rings. The molecule has 0 aliphatic carbocycles. The number of halogens is 3. The molecule has 57 heavy (non-hydrogen) atoms. The molecule has 0 saturated carbocycles. The second-order valence-electron chi connectivity index (χ2n) is 15.3. The van der Waals surface area contributed by atoms with E-state index >= 15 is 4.39 Å². The molecule has 0 spiro atoms. The van der Waals surface area contributed by atoms with Crippen molar-refractivity contribution in [3.63, 3.8) is 0 Å².